The highest BCUT2D eigenvalue weighted by Crippen LogP contribution is 2.39. The van der Waals surface area contributed by atoms with Crippen molar-refractivity contribution in [1.82, 2.24) is 5.32 Å². The average Bonchev–Trinajstić information content (AvgIpc) is 2.36. The molecule has 0 spiro atoms. The highest BCUT2D eigenvalue weighted by atomic mass is 14.9. The molecule has 1 N–H and O–H groups in total. The molecule has 0 heterocycles. The third kappa shape index (κ3) is 8.24. The first-order valence-corrected chi connectivity index (χ1v) is 9.56. The minimum atomic E-state index is 0.267. The smallest absolute Gasteiger partial charge is 0.00966 e. The summed E-state index contributed by atoms with van der Waals surface area (Å²) >= 11 is 0. The first-order chi connectivity index (χ1) is 9.81. The van der Waals surface area contributed by atoms with E-state index in [-0.39, 0.29) is 5.54 Å². The lowest BCUT2D eigenvalue weighted by atomic mass is 9.70. The van der Waals surface area contributed by atoms with E-state index in [0.29, 0.717) is 0 Å². The van der Waals surface area contributed by atoms with Crippen molar-refractivity contribution in [3.05, 3.63) is 0 Å². The van der Waals surface area contributed by atoms with Crippen molar-refractivity contribution in [2.75, 3.05) is 6.54 Å². The van der Waals surface area contributed by atoms with E-state index < -0.39 is 0 Å². The highest BCUT2D eigenvalue weighted by Gasteiger charge is 2.30. The van der Waals surface area contributed by atoms with Crippen LogP contribution in [0.1, 0.15) is 92.9 Å². The normalized spacial score (nSPS) is 27.3. The Kier molecular flexibility index (Phi) is 8.31. The fourth-order valence-corrected chi connectivity index (χ4v) is 3.94. The largest absolute Gasteiger partial charge is 0.312 e. The van der Waals surface area contributed by atoms with Gasteiger partial charge in [0.1, 0.15) is 0 Å². The minimum absolute atomic E-state index is 0.267. The Morgan fingerprint density at radius 3 is 2.33 bits per heavy atom. The van der Waals surface area contributed by atoms with Gasteiger partial charge in [0.25, 0.3) is 0 Å². The van der Waals surface area contributed by atoms with Crippen LogP contribution in [0, 0.1) is 23.7 Å². The molecule has 0 aliphatic heterocycles. The summed E-state index contributed by atoms with van der Waals surface area (Å²) < 4.78 is 0. The van der Waals surface area contributed by atoms with Crippen molar-refractivity contribution in [2.24, 2.45) is 23.7 Å². The van der Waals surface area contributed by atoms with E-state index in [1.54, 1.807) is 0 Å². The molecule has 0 aromatic carbocycles. The van der Waals surface area contributed by atoms with E-state index in [2.05, 4.69) is 46.9 Å². The molecule has 1 aliphatic rings. The summed E-state index contributed by atoms with van der Waals surface area (Å²) in [6.45, 7) is 15.2. The summed E-state index contributed by atoms with van der Waals surface area (Å²) in [5.74, 6) is 3.78. The topological polar surface area (TPSA) is 12.0 Å². The van der Waals surface area contributed by atoms with E-state index in [1.807, 2.05) is 0 Å². The first kappa shape index (κ1) is 19.0. The zero-order chi connectivity index (χ0) is 15.9. The van der Waals surface area contributed by atoms with Crippen molar-refractivity contribution in [1.29, 1.82) is 0 Å². The minimum Gasteiger partial charge on any atom is -0.312 e. The maximum Gasteiger partial charge on any atom is 0.00966 e. The Morgan fingerprint density at radius 1 is 1.05 bits per heavy atom. The third-order valence-electron chi connectivity index (χ3n) is 5.20. The summed E-state index contributed by atoms with van der Waals surface area (Å²) in [6, 6.07) is 0. The van der Waals surface area contributed by atoms with Gasteiger partial charge in [-0.1, -0.05) is 59.3 Å². The van der Waals surface area contributed by atoms with Crippen LogP contribution in [0.4, 0.5) is 0 Å². The molecule has 126 valence electrons. The number of hydrogen-bond donors (Lipinski definition) is 1. The van der Waals surface area contributed by atoms with Gasteiger partial charge in [-0.25, -0.2) is 0 Å². The van der Waals surface area contributed by atoms with Crippen LogP contribution in [0.25, 0.3) is 0 Å². The first-order valence-electron chi connectivity index (χ1n) is 9.56. The van der Waals surface area contributed by atoms with Gasteiger partial charge in [-0.15, -0.1) is 0 Å². The van der Waals surface area contributed by atoms with Crippen LogP contribution in [0.5, 0.6) is 0 Å². The van der Waals surface area contributed by atoms with Crippen LogP contribution in [0.15, 0.2) is 0 Å². The standard InChI is InChI=1S/C20H41N/c1-7-9-17-12-13-19(15-21-20(4,5)6)18(14-17)11-8-10-16(2)3/h16-19,21H,7-15H2,1-6H3. The van der Waals surface area contributed by atoms with Crippen molar-refractivity contribution >= 4 is 0 Å². The van der Waals surface area contributed by atoms with Gasteiger partial charge in [0, 0.05) is 5.54 Å². The second-order valence-corrected chi connectivity index (χ2v) is 8.94. The SMILES string of the molecule is CCCC1CCC(CNC(C)(C)C)C(CCCC(C)C)C1. The van der Waals surface area contributed by atoms with Gasteiger partial charge in [0.2, 0.25) is 0 Å². The van der Waals surface area contributed by atoms with Gasteiger partial charge in [-0.2, -0.15) is 0 Å². The quantitative estimate of drug-likeness (QED) is 0.576. The average molecular weight is 296 g/mol. The summed E-state index contributed by atoms with van der Waals surface area (Å²) in [7, 11) is 0. The molecule has 1 rings (SSSR count). The van der Waals surface area contributed by atoms with Crippen LogP contribution < -0.4 is 5.32 Å². The molecule has 1 saturated carbocycles. The van der Waals surface area contributed by atoms with Gasteiger partial charge >= 0.3 is 0 Å². The Bertz CT molecular complexity index is 264. The molecule has 0 amide bonds. The van der Waals surface area contributed by atoms with Gasteiger partial charge in [0.05, 0.1) is 0 Å². The maximum atomic E-state index is 3.77. The van der Waals surface area contributed by atoms with Crippen LogP contribution >= 0.6 is 0 Å². The molecule has 0 aromatic rings. The lowest BCUT2D eigenvalue weighted by Crippen LogP contribution is -2.42. The number of nitrogens with one attached hydrogen (secondary N) is 1. The zero-order valence-electron chi connectivity index (χ0n) is 15.7. The molecule has 0 aromatic heterocycles. The van der Waals surface area contributed by atoms with Crippen molar-refractivity contribution in [2.45, 2.75) is 98.4 Å². The molecule has 0 saturated heterocycles. The predicted octanol–water partition coefficient (Wildman–Crippen LogP) is 6.03. The Hall–Kier alpha value is -0.0400. The fraction of sp³-hybridized carbons (Fsp3) is 1.00. The molecule has 1 fully saturated rings. The molecule has 0 bridgehead atoms. The summed E-state index contributed by atoms with van der Waals surface area (Å²) in [6.07, 6.45) is 11.6. The number of hydrogen-bond acceptors (Lipinski definition) is 1. The van der Waals surface area contributed by atoms with Crippen LogP contribution in [0.2, 0.25) is 0 Å². The zero-order valence-corrected chi connectivity index (χ0v) is 15.7. The Labute approximate surface area is 134 Å². The van der Waals surface area contributed by atoms with E-state index in [9.17, 15) is 0 Å². The molecule has 0 radical (unpaired) electrons. The van der Waals surface area contributed by atoms with Gasteiger partial charge in [-0.05, 0) is 63.8 Å². The lowest BCUT2D eigenvalue weighted by Gasteiger charge is -2.38. The molecular weight excluding hydrogens is 254 g/mol. The lowest BCUT2D eigenvalue weighted by molar-refractivity contribution is 0.148. The molecule has 21 heavy (non-hydrogen) atoms. The van der Waals surface area contributed by atoms with Crippen LogP contribution in [-0.4, -0.2) is 12.1 Å². The molecule has 3 unspecified atom stereocenters. The second-order valence-electron chi connectivity index (χ2n) is 8.94. The Balaban J connectivity index is 2.48. The van der Waals surface area contributed by atoms with E-state index in [1.165, 1.54) is 57.9 Å². The van der Waals surface area contributed by atoms with Crippen molar-refractivity contribution < 1.29 is 0 Å². The molecule has 3 atom stereocenters. The molecular formula is C20H41N. The monoisotopic (exact) mass is 295 g/mol. The number of rotatable bonds is 8. The second kappa shape index (κ2) is 9.18. The highest BCUT2D eigenvalue weighted by molar-refractivity contribution is 4.83. The maximum absolute atomic E-state index is 3.77. The fourth-order valence-electron chi connectivity index (χ4n) is 3.94. The summed E-state index contributed by atoms with van der Waals surface area (Å²) in [4.78, 5) is 0. The van der Waals surface area contributed by atoms with E-state index in [0.717, 1.165) is 23.7 Å². The third-order valence-corrected chi connectivity index (χ3v) is 5.20. The van der Waals surface area contributed by atoms with Gasteiger partial charge in [-0.3, -0.25) is 0 Å². The predicted molar refractivity (Wildman–Crippen MR) is 95.7 cm³/mol. The summed E-state index contributed by atoms with van der Waals surface area (Å²) in [5.41, 5.74) is 0.267. The van der Waals surface area contributed by atoms with Crippen LogP contribution in [-0.2, 0) is 0 Å². The molecule has 1 nitrogen and oxygen atoms in total. The Morgan fingerprint density at radius 2 is 1.76 bits per heavy atom. The van der Waals surface area contributed by atoms with Gasteiger partial charge < -0.3 is 5.32 Å². The van der Waals surface area contributed by atoms with Gasteiger partial charge in [0.15, 0.2) is 0 Å². The van der Waals surface area contributed by atoms with E-state index in [4.69, 9.17) is 0 Å². The van der Waals surface area contributed by atoms with Crippen molar-refractivity contribution in [3.63, 3.8) is 0 Å². The van der Waals surface area contributed by atoms with Crippen LogP contribution in [0.3, 0.4) is 0 Å². The molecule has 1 heteroatoms. The van der Waals surface area contributed by atoms with Crippen molar-refractivity contribution in [3.8, 4) is 0 Å². The van der Waals surface area contributed by atoms with E-state index >= 15 is 0 Å². The summed E-state index contributed by atoms with van der Waals surface area (Å²) in [5, 5.41) is 3.77. The molecule has 1 aliphatic carbocycles.